The number of ether oxygens (including phenoxy) is 3. The lowest BCUT2D eigenvalue weighted by Gasteiger charge is -2.32. The number of carbonyl (C=O) groups is 4. The average Bonchev–Trinajstić information content (AvgIpc) is 1.60. The number of nitrogens with two attached hydrogens (primary N) is 4. The van der Waals surface area contributed by atoms with Gasteiger partial charge >= 0.3 is 5.69 Å². The number of fused-ring (bicyclic) bond motifs is 2. The van der Waals surface area contributed by atoms with E-state index in [1.165, 1.54) is 12.2 Å². The average molecular weight is 1320 g/mol. The molecule has 0 saturated carbocycles. The number of para-hydroxylation sites is 3. The molecule has 23 nitrogen and oxygen atoms in total. The van der Waals surface area contributed by atoms with Crippen molar-refractivity contribution in [1.29, 1.82) is 0 Å². The summed E-state index contributed by atoms with van der Waals surface area (Å²) in [5, 5.41) is 10.4. The van der Waals surface area contributed by atoms with E-state index < -0.39 is 5.91 Å². The van der Waals surface area contributed by atoms with E-state index >= 15 is 0 Å². The maximum Gasteiger partial charge on any atom is 0.334 e. The molecular formula is C76H73N15O8. The van der Waals surface area contributed by atoms with Crippen molar-refractivity contribution in [3.05, 3.63) is 230 Å². The van der Waals surface area contributed by atoms with E-state index in [1.54, 1.807) is 61.1 Å². The summed E-state index contributed by atoms with van der Waals surface area (Å²) in [5.41, 5.74) is 30.0. The first-order valence-electron chi connectivity index (χ1n) is 32.4. The molecule has 500 valence electrons. The van der Waals surface area contributed by atoms with Crippen LogP contribution >= 0.6 is 0 Å². The van der Waals surface area contributed by atoms with Gasteiger partial charge in [-0.25, -0.2) is 19.4 Å². The van der Waals surface area contributed by atoms with Crippen LogP contribution in [0.3, 0.4) is 0 Å². The number of primary amides is 1. The predicted molar refractivity (Wildman–Crippen MR) is 381 cm³/mol. The molecular weight excluding hydrogens is 1250 g/mol. The van der Waals surface area contributed by atoms with Gasteiger partial charge in [0.2, 0.25) is 11.8 Å². The number of carbonyl (C=O) groups excluding carboxylic acids is 4. The van der Waals surface area contributed by atoms with E-state index in [0.717, 1.165) is 77.4 Å². The smallest absolute Gasteiger partial charge is 0.334 e. The van der Waals surface area contributed by atoms with Gasteiger partial charge in [-0.3, -0.25) is 33.0 Å². The van der Waals surface area contributed by atoms with Gasteiger partial charge in [0.15, 0.2) is 0 Å². The van der Waals surface area contributed by atoms with Gasteiger partial charge in [0.05, 0.1) is 40.2 Å². The maximum atomic E-state index is 13.7. The maximum absolute atomic E-state index is 13.7. The Balaban J connectivity index is 0.000000141. The summed E-state index contributed by atoms with van der Waals surface area (Å²) in [4.78, 5) is 76.1. The fraction of sp³-hybridized carbons (Fsp3) is 0.197. The Morgan fingerprint density at radius 3 is 1.48 bits per heavy atom. The van der Waals surface area contributed by atoms with Gasteiger partial charge in [-0.1, -0.05) is 73.7 Å². The normalized spacial score (nSPS) is 15.7. The molecule has 6 aromatic carbocycles. The van der Waals surface area contributed by atoms with Crippen LogP contribution in [0, 0.1) is 11.8 Å². The monoisotopic (exact) mass is 1320 g/mol. The standard InChI is InChI=1S/C26H23N5O3.C26H25N5O2.C24H25N5O3/c1-2-6-23(32)29-16-14-19(17-29)30-22-13-15-28-25(27)24(22)31(26(30)33)18-9-11-21(12-10-18)34-20-7-4-3-5-8-20;1-2-23(32)30-16-6-7-19(17-30)31-22-14-15-28-26(27)24(22)25(29-31)18-10-12-21(13-11-18)33-20-8-4-3-5-9-20;1-2-20(30)28-14-6-7-17(15-28)29-23(25)21(24(26)31)22(27-29)16-10-12-19(13-11-16)32-18-8-4-3-5-9-18/h3-5,7-13,15,19H,14,16-17H2,1H3,(H2,27,28);2-5,8-15,19H,1,6-7,16-17H2,(H2,27,28);2-5,8-13,17H,1,6-7,14-15,25H2,(H2,26,31)/t2*19-;17-/m111/s1. The van der Waals surface area contributed by atoms with Crippen LogP contribution in [0.15, 0.2) is 218 Å². The van der Waals surface area contributed by atoms with Crippen molar-refractivity contribution < 1.29 is 33.4 Å². The second-order valence-corrected chi connectivity index (χ2v) is 23.8. The molecule has 3 fully saturated rings. The molecule has 99 heavy (non-hydrogen) atoms. The van der Waals surface area contributed by atoms with Crippen LogP contribution in [0.4, 0.5) is 17.5 Å². The number of benzene rings is 6. The molecule has 8 heterocycles. The fourth-order valence-corrected chi connectivity index (χ4v) is 12.7. The second-order valence-electron chi connectivity index (χ2n) is 23.8. The number of aromatic nitrogens is 8. The number of piperidine rings is 2. The molecule has 23 heteroatoms. The quantitative estimate of drug-likeness (QED) is 0.0548. The molecule has 5 aromatic heterocycles. The Hall–Kier alpha value is -12.7. The number of imidazole rings is 1. The van der Waals surface area contributed by atoms with E-state index in [0.29, 0.717) is 84.4 Å². The van der Waals surface area contributed by atoms with Crippen molar-refractivity contribution in [2.75, 3.05) is 56.5 Å². The molecule has 14 rings (SSSR count). The van der Waals surface area contributed by atoms with Crippen molar-refractivity contribution in [3.8, 4) is 74.5 Å². The molecule has 3 atom stereocenters. The Labute approximate surface area is 570 Å². The molecule has 0 unspecified atom stereocenters. The van der Waals surface area contributed by atoms with Crippen LogP contribution in [-0.4, -0.2) is 116 Å². The predicted octanol–water partition coefficient (Wildman–Crippen LogP) is 11.6. The fourth-order valence-electron chi connectivity index (χ4n) is 12.7. The molecule has 3 saturated heterocycles. The number of anilines is 3. The van der Waals surface area contributed by atoms with Crippen LogP contribution < -0.4 is 42.8 Å². The zero-order chi connectivity index (χ0) is 69.1. The van der Waals surface area contributed by atoms with Gasteiger partial charge in [0, 0.05) is 62.8 Å². The minimum absolute atomic E-state index is 0.0495. The molecule has 0 radical (unpaired) electrons. The number of hydrogen-bond acceptors (Lipinski definition) is 15. The van der Waals surface area contributed by atoms with Crippen LogP contribution in [0.5, 0.6) is 34.5 Å². The second kappa shape index (κ2) is 29.9. The topological polar surface area (TPSA) is 298 Å². The third-order valence-electron chi connectivity index (χ3n) is 17.4. The van der Waals surface area contributed by atoms with Crippen molar-refractivity contribution >= 4 is 63.0 Å². The van der Waals surface area contributed by atoms with Crippen molar-refractivity contribution in [2.45, 2.75) is 57.2 Å². The third kappa shape index (κ3) is 14.6. The number of likely N-dealkylation sites (tertiary alicyclic amines) is 3. The van der Waals surface area contributed by atoms with Gasteiger partial charge in [-0.15, -0.1) is 0 Å². The van der Waals surface area contributed by atoms with E-state index in [2.05, 4.69) is 40.1 Å². The zero-order valence-electron chi connectivity index (χ0n) is 54.5. The summed E-state index contributed by atoms with van der Waals surface area (Å²) in [6.45, 7) is 12.2. The van der Waals surface area contributed by atoms with Gasteiger partial charge in [-0.2, -0.15) is 10.2 Å². The number of pyridine rings is 2. The van der Waals surface area contributed by atoms with E-state index in [1.807, 2.05) is 167 Å². The summed E-state index contributed by atoms with van der Waals surface area (Å²) in [7, 11) is 0. The number of rotatable bonds is 15. The third-order valence-corrected chi connectivity index (χ3v) is 17.4. The molecule has 3 aliphatic rings. The van der Waals surface area contributed by atoms with Crippen molar-refractivity contribution in [2.24, 2.45) is 5.73 Å². The number of hydrogen-bond donors (Lipinski definition) is 4. The molecule has 0 aliphatic carbocycles. The lowest BCUT2D eigenvalue weighted by atomic mass is 10.1. The first-order chi connectivity index (χ1) is 48.2. The van der Waals surface area contributed by atoms with Crippen LogP contribution in [0.25, 0.3) is 50.1 Å². The van der Waals surface area contributed by atoms with Gasteiger partial charge < -0.3 is 51.8 Å². The summed E-state index contributed by atoms with van der Waals surface area (Å²) < 4.78 is 24.5. The highest BCUT2D eigenvalue weighted by atomic mass is 16.5. The highest BCUT2D eigenvalue weighted by Crippen LogP contribution is 2.38. The Bertz CT molecular complexity index is 4890. The summed E-state index contributed by atoms with van der Waals surface area (Å²) in [5.74, 6) is 9.35. The highest BCUT2D eigenvalue weighted by Gasteiger charge is 2.33. The lowest BCUT2D eigenvalue weighted by molar-refractivity contribution is -0.128. The van der Waals surface area contributed by atoms with Crippen LogP contribution in [0.1, 0.15) is 67.5 Å². The number of amides is 4. The molecule has 11 aromatic rings. The summed E-state index contributed by atoms with van der Waals surface area (Å²) >= 11 is 0. The molecule has 8 N–H and O–H groups in total. The van der Waals surface area contributed by atoms with Gasteiger partial charge in [-0.05, 0) is 178 Å². The van der Waals surface area contributed by atoms with E-state index in [9.17, 15) is 24.0 Å². The van der Waals surface area contributed by atoms with Crippen LogP contribution in [0.2, 0.25) is 0 Å². The molecule has 0 spiro atoms. The number of nitrogens with zero attached hydrogens (tertiary/aromatic N) is 11. The van der Waals surface area contributed by atoms with E-state index in [-0.39, 0.29) is 58.7 Å². The Kier molecular flexibility index (Phi) is 20.0. The molecule has 0 bridgehead atoms. The zero-order valence-corrected chi connectivity index (χ0v) is 54.5. The number of nitrogen functional groups attached to an aromatic ring is 3. The summed E-state index contributed by atoms with van der Waals surface area (Å²) in [6, 6.07) is 54.3. The largest absolute Gasteiger partial charge is 0.457 e. The first kappa shape index (κ1) is 66.3. The van der Waals surface area contributed by atoms with Crippen LogP contribution in [-0.2, 0) is 14.4 Å². The van der Waals surface area contributed by atoms with Gasteiger partial charge in [0.1, 0.15) is 74.4 Å². The molecule has 3 aliphatic heterocycles. The highest BCUT2D eigenvalue weighted by molar-refractivity contribution is 6.03. The van der Waals surface area contributed by atoms with Crippen molar-refractivity contribution in [1.82, 2.24) is 53.4 Å². The Morgan fingerprint density at radius 2 is 0.980 bits per heavy atom. The van der Waals surface area contributed by atoms with E-state index in [4.69, 9.17) is 42.2 Å². The minimum atomic E-state index is -0.650. The Morgan fingerprint density at radius 1 is 0.525 bits per heavy atom. The SMILES string of the molecule is C=CC(=O)N1CCC[C@@H](n2nc(-c3ccc(Oc4ccccc4)cc3)c(C(N)=O)c2N)C1.C=CC(=O)N1CCC[C@@H](n2nc(-c3ccc(Oc4ccccc4)cc3)c3c(N)nccc32)C1.CC#CC(=O)N1CC[C@@H](n2c(=O)n(-c3ccc(Oc4ccccc4)cc3)c3c(N)nccc32)C1. The summed E-state index contributed by atoms with van der Waals surface area (Å²) in [6.07, 6.45) is 10.0. The molecule has 4 amide bonds. The minimum Gasteiger partial charge on any atom is -0.457 e. The van der Waals surface area contributed by atoms with Gasteiger partial charge in [0.25, 0.3) is 11.8 Å². The first-order valence-corrected chi connectivity index (χ1v) is 32.4. The lowest BCUT2D eigenvalue weighted by Crippen LogP contribution is -2.40. The van der Waals surface area contributed by atoms with Crippen molar-refractivity contribution in [3.63, 3.8) is 0 Å².